The zero-order valence-corrected chi connectivity index (χ0v) is 9.45. The number of hydrogen-bond acceptors (Lipinski definition) is 3. The third-order valence-corrected chi connectivity index (χ3v) is 1.98. The molecule has 0 aromatic carbocycles. The van der Waals surface area contributed by atoms with Crippen LogP contribution in [0.25, 0.3) is 0 Å². The first-order valence-corrected chi connectivity index (χ1v) is 5.25. The highest BCUT2D eigenvalue weighted by Gasteiger charge is 2.09. The molecule has 5 heteroatoms. The van der Waals surface area contributed by atoms with Crippen molar-refractivity contribution in [2.75, 3.05) is 0 Å². The standard InChI is InChI=1S/C10H21N3O2/c1-7(11)4-3-5-10(15)13-8(2)6-9(12)14/h7-8H,3-6,11H2,1-2H3,(H2,12,14)(H,13,15). The Morgan fingerprint density at radius 3 is 2.40 bits per heavy atom. The predicted molar refractivity (Wildman–Crippen MR) is 58.9 cm³/mol. The van der Waals surface area contributed by atoms with E-state index in [2.05, 4.69) is 5.32 Å². The largest absolute Gasteiger partial charge is 0.370 e. The number of nitrogens with two attached hydrogens (primary N) is 2. The summed E-state index contributed by atoms with van der Waals surface area (Å²) in [6, 6.07) is -0.0638. The topological polar surface area (TPSA) is 98.2 Å². The molecule has 2 unspecified atom stereocenters. The Kier molecular flexibility index (Phi) is 6.70. The summed E-state index contributed by atoms with van der Waals surface area (Å²) >= 11 is 0. The van der Waals surface area contributed by atoms with Crippen molar-refractivity contribution in [3.8, 4) is 0 Å². The monoisotopic (exact) mass is 215 g/mol. The Morgan fingerprint density at radius 1 is 1.33 bits per heavy atom. The van der Waals surface area contributed by atoms with E-state index in [4.69, 9.17) is 11.5 Å². The molecule has 0 heterocycles. The average Bonchev–Trinajstić information content (AvgIpc) is 2.00. The number of primary amides is 1. The molecule has 0 saturated heterocycles. The van der Waals surface area contributed by atoms with Crippen molar-refractivity contribution < 1.29 is 9.59 Å². The Labute approximate surface area is 90.6 Å². The molecule has 0 bridgehead atoms. The first-order chi connectivity index (χ1) is 6.91. The third kappa shape index (κ3) is 9.21. The Hall–Kier alpha value is -1.10. The van der Waals surface area contributed by atoms with Crippen molar-refractivity contribution in [3.63, 3.8) is 0 Å². The van der Waals surface area contributed by atoms with Gasteiger partial charge in [-0.2, -0.15) is 0 Å². The molecule has 0 saturated carbocycles. The van der Waals surface area contributed by atoms with Crippen molar-refractivity contribution in [3.05, 3.63) is 0 Å². The van der Waals surface area contributed by atoms with E-state index < -0.39 is 5.91 Å². The van der Waals surface area contributed by atoms with Crippen LogP contribution in [0.2, 0.25) is 0 Å². The normalized spacial score (nSPS) is 14.3. The van der Waals surface area contributed by atoms with E-state index >= 15 is 0 Å². The number of rotatable bonds is 7. The quantitative estimate of drug-likeness (QED) is 0.552. The highest BCUT2D eigenvalue weighted by molar-refractivity contribution is 5.78. The molecule has 0 aromatic heterocycles. The van der Waals surface area contributed by atoms with E-state index in [1.54, 1.807) is 6.92 Å². The van der Waals surface area contributed by atoms with Gasteiger partial charge in [0.05, 0.1) is 0 Å². The first kappa shape index (κ1) is 13.9. The van der Waals surface area contributed by atoms with Gasteiger partial charge in [0, 0.05) is 24.9 Å². The van der Waals surface area contributed by atoms with Gasteiger partial charge in [-0.3, -0.25) is 9.59 Å². The van der Waals surface area contributed by atoms with Gasteiger partial charge in [-0.15, -0.1) is 0 Å². The summed E-state index contributed by atoms with van der Waals surface area (Å²) in [5, 5.41) is 2.70. The van der Waals surface area contributed by atoms with E-state index in [1.807, 2.05) is 6.92 Å². The van der Waals surface area contributed by atoms with Gasteiger partial charge in [0.1, 0.15) is 0 Å². The molecule has 0 aromatic rings. The fourth-order valence-electron chi connectivity index (χ4n) is 1.28. The van der Waals surface area contributed by atoms with Crippen LogP contribution >= 0.6 is 0 Å². The van der Waals surface area contributed by atoms with Gasteiger partial charge in [-0.05, 0) is 26.7 Å². The molecule has 88 valence electrons. The molecular weight excluding hydrogens is 194 g/mol. The summed E-state index contributed by atoms with van der Waals surface area (Å²) in [6.45, 7) is 3.67. The summed E-state index contributed by atoms with van der Waals surface area (Å²) in [4.78, 5) is 21.9. The molecule has 2 amide bonds. The Morgan fingerprint density at radius 2 is 1.93 bits per heavy atom. The van der Waals surface area contributed by atoms with Crippen LogP contribution < -0.4 is 16.8 Å². The van der Waals surface area contributed by atoms with E-state index in [1.165, 1.54) is 0 Å². The van der Waals surface area contributed by atoms with E-state index in [9.17, 15) is 9.59 Å². The van der Waals surface area contributed by atoms with Crippen LogP contribution in [0.5, 0.6) is 0 Å². The van der Waals surface area contributed by atoms with Gasteiger partial charge in [-0.1, -0.05) is 0 Å². The van der Waals surface area contributed by atoms with Crippen LogP contribution in [0.1, 0.15) is 39.5 Å². The third-order valence-electron chi connectivity index (χ3n) is 1.98. The lowest BCUT2D eigenvalue weighted by Gasteiger charge is -2.12. The lowest BCUT2D eigenvalue weighted by molar-refractivity contribution is -0.122. The zero-order valence-electron chi connectivity index (χ0n) is 9.45. The number of hydrogen-bond donors (Lipinski definition) is 3. The SMILES string of the molecule is CC(N)CCCC(=O)NC(C)CC(N)=O. The minimum atomic E-state index is -0.404. The van der Waals surface area contributed by atoms with Crippen molar-refractivity contribution in [1.82, 2.24) is 5.32 Å². The minimum Gasteiger partial charge on any atom is -0.370 e. The van der Waals surface area contributed by atoms with Gasteiger partial charge in [0.2, 0.25) is 11.8 Å². The van der Waals surface area contributed by atoms with E-state index in [0.717, 1.165) is 12.8 Å². The molecule has 0 spiro atoms. The van der Waals surface area contributed by atoms with Crippen LogP contribution in [0.3, 0.4) is 0 Å². The second kappa shape index (κ2) is 7.23. The van der Waals surface area contributed by atoms with Gasteiger partial charge in [-0.25, -0.2) is 0 Å². The summed E-state index contributed by atoms with van der Waals surface area (Å²) in [6.07, 6.45) is 2.23. The van der Waals surface area contributed by atoms with Gasteiger partial charge in [0.25, 0.3) is 0 Å². The van der Waals surface area contributed by atoms with Crippen molar-refractivity contribution in [2.24, 2.45) is 11.5 Å². The Bertz CT molecular complexity index is 217. The molecule has 0 aliphatic carbocycles. The second-order valence-electron chi connectivity index (χ2n) is 4.01. The van der Waals surface area contributed by atoms with Crippen molar-refractivity contribution in [2.45, 2.75) is 51.6 Å². The minimum absolute atomic E-state index is 0.0515. The molecule has 0 aliphatic heterocycles. The maximum atomic E-state index is 11.3. The molecule has 0 aliphatic rings. The summed E-state index contributed by atoms with van der Waals surface area (Å²) < 4.78 is 0. The van der Waals surface area contributed by atoms with Gasteiger partial charge in [0.15, 0.2) is 0 Å². The molecular formula is C10H21N3O2. The van der Waals surface area contributed by atoms with Gasteiger partial charge >= 0.3 is 0 Å². The molecule has 15 heavy (non-hydrogen) atoms. The second-order valence-corrected chi connectivity index (χ2v) is 4.01. The lowest BCUT2D eigenvalue weighted by atomic mass is 10.1. The molecule has 0 fully saturated rings. The number of carbonyl (C=O) groups excluding carboxylic acids is 2. The predicted octanol–water partition coefficient (Wildman–Crippen LogP) is -0.116. The van der Waals surface area contributed by atoms with Gasteiger partial charge < -0.3 is 16.8 Å². The van der Waals surface area contributed by atoms with Crippen LogP contribution in [-0.2, 0) is 9.59 Å². The van der Waals surface area contributed by atoms with Crippen LogP contribution in [0.4, 0.5) is 0 Å². The van der Waals surface area contributed by atoms with E-state index in [0.29, 0.717) is 6.42 Å². The first-order valence-electron chi connectivity index (χ1n) is 5.25. The van der Waals surface area contributed by atoms with Crippen LogP contribution in [0, 0.1) is 0 Å². The molecule has 5 nitrogen and oxygen atoms in total. The molecule has 2 atom stereocenters. The number of carbonyl (C=O) groups is 2. The van der Waals surface area contributed by atoms with Crippen molar-refractivity contribution in [1.29, 1.82) is 0 Å². The maximum Gasteiger partial charge on any atom is 0.220 e. The molecule has 0 rings (SSSR count). The summed E-state index contributed by atoms with van der Waals surface area (Å²) in [5.74, 6) is -0.456. The highest BCUT2D eigenvalue weighted by Crippen LogP contribution is 1.99. The Balaban J connectivity index is 3.60. The fraction of sp³-hybridized carbons (Fsp3) is 0.800. The van der Waals surface area contributed by atoms with Crippen molar-refractivity contribution >= 4 is 11.8 Å². The molecule has 0 radical (unpaired) electrons. The average molecular weight is 215 g/mol. The summed E-state index contributed by atoms with van der Waals surface area (Å²) in [5.41, 5.74) is 10.6. The smallest absolute Gasteiger partial charge is 0.220 e. The zero-order chi connectivity index (χ0) is 11.8. The fourth-order valence-corrected chi connectivity index (χ4v) is 1.28. The number of nitrogens with one attached hydrogen (secondary N) is 1. The van der Waals surface area contributed by atoms with E-state index in [-0.39, 0.29) is 24.4 Å². The maximum absolute atomic E-state index is 11.3. The van der Waals surface area contributed by atoms with Crippen LogP contribution in [-0.4, -0.2) is 23.9 Å². The lowest BCUT2D eigenvalue weighted by Crippen LogP contribution is -2.35. The molecule has 5 N–H and O–H groups in total. The highest BCUT2D eigenvalue weighted by atomic mass is 16.2. The summed E-state index contributed by atoms with van der Waals surface area (Å²) in [7, 11) is 0. The number of amides is 2. The van der Waals surface area contributed by atoms with Crippen LogP contribution in [0.15, 0.2) is 0 Å².